The number of rotatable bonds is 7. The Morgan fingerprint density at radius 2 is 1.83 bits per heavy atom. The van der Waals surface area contributed by atoms with E-state index in [-0.39, 0.29) is 6.03 Å². The van der Waals surface area contributed by atoms with Crippen LogP contribution in [-0.2, 0) is 0 Å². The third kappa shape index (κ3) is 5.87. The van der Waals surface area contributed by atoms with Gasteiger partial charge in [-0.1, -0.05) is 29.8 Å². The molecule has 1 aliphatic rings. The summed E-state index contributed by atoms with van der Waals surface area (Å²) in [7, 11) is 1.72. The molecule has 0 aromatic heterocycles. The number of piperazine rings is 1. The summed E-state index contributed by atoms with van der Waals surface area (Å²) in [5, 5.41) is 5.89. The van der Waals surface area contributed by atoms with E-state index in [1.165, 1.54) is 11.3 Å². The van der Waals surface area contributed by atoms with Crippen LogP contribution in [0.2, 0.25) is 0 Å². The van der Waals surface area contributed by atoms with Crippen molar-refractivity contribution < 1.29 is 9.53 Å². The second-order valence-corrected chi connectivity index (χ2v) is 7.55. The van der Waals surface area contributed by atoms with Gasteiger partial charge in [-0.2, -0.15) is 0 Å². The highest BCUT2D eigenvalue weighted by atomic mass is 16.5. The molecule has 0 aliphatic carbocycles. The van der Waals surface area contributed by atoms with Crippen LogP contribution in [0.4, 0.5) is 16.2 Å². The Balaban J connectivity index is 1.35. The highest BCUT2D eigenvalue weighted by Gasteiger charge is 2.19. The molecule has 156 valence electrons. The molecule has 29 heavy (non-hydrogen) atoms. The van der Waals surface area contributed by atoms with Crippen molar-refractivity contribution in [1.82, 2.24) is 10.2 Å². The summed E-state index contributed by atoms with van der Waals surface area (Å²) < 4.78 is 5.48. The number of methoxy groups -OCH3 is 1. The molecule has 1 heterocycles. The number of nitrogens with zero attached hydrogens (tertiary/aromatic N) is 2. The molecule has 1 aliphatic heterocycles. The number of nitrogens with one attached hydrogen (secondary N) is 2. The van der Waals surface area contributed by atoms with Gasteiger partial charge >= 0.3 is 6.03 Å². The molecule has 2 amide bonds. The molecular weight excluding hydrogens is 364 g/mol. The minimum atomic E-state index is -0.141. The molecule has 6 heteroatoms. The summed E-state index contributed by atoms with van der Waals surface area (Å²) in [5.74, 6) is 0.931. The third-order valence-corrected chi connectivity index (χ3v) is 5.36. The Hall–Kier alpha value is -2.73. The molecule has 0 spiro atoms. The first-order chi connectivity index (χ1) is 14.1. The minimum absolute atomic E-state index is 0.141. The van der Waals surface area contributed by atoms with E-state index in [1.807, 2.05) is 38.1 Å². The number of aryl methyl sites for hydroxylation is 2. The summed E-state index contributed by atoms with van der Waals surface area (Å²) in [4.78, 5) is 16.9. The summed E-state index contributed by atoms with van der Waals surface area (Å²) in [6, 6.07) is 14.1. The molecule has 3 rings (SSSR count). The number of carbonyl (C=O) groups is 1. The maximum absolute atomic E-state index is 12.1. The maximum atomic E-state index is 12.1. The monoisotopic (exact) mass is 396 g/mol. The highest BCUT2D eigenvalue weighted by molar-refractivity contribution is 5.90. The number of urea groups is 1. The highest BCUT2D eigenvalue weighted by Crippen LogP contribution is 2.28. The van der Waals surface area contributed by atoms with Gasteiger partial charge in [-0.3, -0.25) is 4.90 Å². The summed E-state index contributed by atoms with van der Waals surface area (Å²) in [6.45, 7) is 9.73. The van der Waals surface area contributed by atoms with E-state index in [0.717, 1.165) is 56.1 Å². The first kappa shape index (κ1) is 21.0. The summed E-state index contributed by atoms with van der Waals surface area (Å²) in [5.41, 5.74) is 4.30. The van der Waals surface area contributed by atoms with Crippen LogP contribution in [-0.4, -0.2) is 57.3 Å². The van der Waals surface area contributed by atoms with Crippen molar-refractivity contribution in [1.29, 1.82) is 0 Å². The normalized spacial score (nSPS) is 14.5. The number of hydrogen-bond acceptors (Lipinski definition) is 4. The Kier molecular flexibility index (Phi) is 7.36. The fourth-order valence-electron chi connectivity index (χ4n) is 3.73. The smallest absolute Gasteiger partial charge is 0.319 e. The predicted octanol–water partition coefficient (Wildman–Crippen LogP) is 3.65. The zero-order valence-corrected chi connectivity index (χ0v) is 17.7. The number of amides is 2. The van der Waals surface area contributed by atoms with E-state index in [4.69, 9.17) is 4.74 Å². The van der Waals surface area contributed by atoms with Gasteiger partial charge in [-0.25, -0.2) is 4.79 Å². The van der Waals surface area contributed by atoms with Crippen LogP contribution in [0.1, 0.15) is 17.5 Å². The van der Waals surface area contributed by atoms with E-state index in [0.29, 0.717) is 6.54 Å². The molecule has 2 aromatic carbocycles. The molecule has 1 saturated heterocycles. The lowest BCUT2D eigenvalue weighted by molar-refractivity contribution is 0.244. The first-order valence-corrected chi connectivity index (χ1v) is 10.3. The Morgan fingerprint density at radius 1 is 1.07 bits per heavy atom. The van der Waals surface area contributed by atoms with Gasteiger partial charge in [0, 0.05) is 38.4 Å². The van der Waals surface area contributed by atoms with Crippen molar-refractivity contribution in [3.63, 3.8) is 0 Å². The van der Waals surface area contributed by atoms with E-state index in [1.54, 1.807) is 7.11 Å². The van der Waals surface area contributed by atoms with Gasteiger partial charge < -0.3 is 20.3 Å². The van der Waals surface area contributed by atoms with E-state index < -0.39 is 0 Å². The van der Waals surface area contributed by atoms with Gasteiger partial charge in [0.05, 0.1) is 12.8 Å². The lowest BCUT2D eigenvalue weighted by Gasteiger charge is -2.36. The summed E-state index contributed by atoms with van der Waals surface area (Å²) in [6.07, 6.45) is 0.939. The van der Waals surface area contributed by atoms with Crippen molar-refractivity contribution in [2.45, 2.75) is 20.3 Å². The van der Waals surface area contributed by atoms with Crippen LogP contribution in [0.15, 0.2) is 42.5 Å². The van der Waals surface area contributed by atoms with Crippen molar-refractivity contribution in [2.75, 3.05) is 56.6 Å². The molecular formula is C23H32N4O2. The molecule has 0 unspecified atom stereocenters. The second kappa shape index (κ2) is 10.2. The molecule has 0 atom stereocenters. The van der Waals surface area contributed by atoms with Gasteiger partial charge in [-0.15, -0.1) is 0 Å². The van der Waals surface area contributed by atoms with Gasteiger partial charge in [0.1, 0.15) is 5.75 Å². The predicted molar refractivity (Wildman–Crippen MR) is 119 cm³/mol. The first-order valence-electron chi connectivity index (χ1n) is 10.3. The Bertz CT molecular complexity index is 816. The van der Waals surface area contributed by atoms with E-state index in [9.17, 15) is 4.79 Å². The van der Waals surface area contributed by atoms with Crippen LogP contribution in [0, 0.1) is 13.8 Å². The largest absolute Gasteiger partial charge is 0.495 e. The zero-order valence-electron chi connectivity index (χ0n) is 17.7. The number of ether oxygens (including phenoxy) is 1. The molecule has 0 saturated carbocycles. The van der Waals surface area contributed by atoms with Crippen molar-refractivity contribution >= 4 is 17.4 Å². The van der Waals surface area contributed by atoms with E-state index >= 15 is 0 Å². The maximum Gasteiger partial charge on any atom is 0.319 e. The van der Waals surface area contributed by atoms with Crippen LogP contribution in [0.25, 0.3) is 0 Å². The lowest BCUT2D eigenvalue weighted by atomic mass is 10.1. The average molecular weight is 397 g/mol. The van der Waals surface area contributed by atoms with Gasteiger partial charge in [0.2, 0.25) is 0 Å². The fourth-order valence-corrected chi connectivity index (χ4v) is 3.73. The minimum Gasteiger partial charge on any atom is -0.495 e. The Labute approximate surface area is 173 Å². The van der Waals surface area contributed by atoms with Gasteiger partial charge in [-0.05, 0) is 50.6 Å². The molecule has 2 N–H and O–H groups in total. The fraction of sp³-hybridized carbons (Fsp3) is 0.435. The van der Waals surface area contributed by atoms with Crippen LogP contribution in [0.3, 0.4) is 0 Å². The van der Waals surface area contributed by atoms with Crippen molar-refractivity contribution in [3.05, 3.63) is 53.6 Å². The third-order valence-electron chi connectivity index (χ3n) is 5.36. The molecule has 6 nitrogen and oxygen atoms in total. The summed E-state index contributed by atoms with van der Waals surface area (Å²) >= 11 is 0. The number of carbonyl (C=O) groups excluding carboxylic acids is 1. The number of benzene rings is 2. The average Bonchev–Trinajstić information content (AvgIpc) is 2.74. The second-order valence-electron chi connectivity index (χ2n) is 7.55. The lowest BCUT2D eigenvalue weighted by Crippen LogP contribution is -2.47. The van der Waals surface area contributed by atoms with Crippen LogP contribution in [0.5, 0.6) is 5.75 Å². The molecule has 1 fully saturated rings. The van der Waals surface area contributed by atoms with Gasteiger partial charge in [0.25, 0.3) is 0 Å². The van der Waals surface area contributed by atoms with Crippen LogP contribution >= 0.6 is 0 Å². The van der Waals surface area contributed by atoms with Crippen molar-refractivity contribution in [3.8, 4) is 5.75 Å². The molecule has 0 radical (unpaired) electrons. The quantitative estimate of drug-likeness (QED) is 0.702. The standard InChI is InChI=1S/C23H32N4O2/c1-18-9-10-20(19(2)17-18)25-23(28)24-11-6-12-26-13-15-27(16-14-26)21-7-4-5-8-22(21)29-3/h4-5,7-10,17H,6,11-16H2,1-3H3,(H2,24,25,28). The SMILES string of the molecule is COc1ccccc1N1CCN(CCCNC(=O)Nc2ccc(C)cc2C)CC1. The zero-order chi connectivity index (χ0) is 20.6. The molecule has 0 bridgehead atoms. The number of para-hydroxylation sites is 2. The van der Waals surface area contributed by atoms with E-state index in [2.05, 4.69) is 38.6 Å². The van der Waals surface area contributed by atoms with Crippen LogP contribution < -0.4 is 20.3 Å². The van der Waals surface area contributed by atoms with Gasteiger partial charge in [0.15, 0.2) is 0 Å². The number of anilines is 2. The molecule has 2 aromatic rings. The Morgan fingerprint density at radius 3 is 2.55 bits per heavy atom. The topological polar surface area (TPSA) is 56.8 Å². The number of hydrogen-bond donors (Lipinski definition) is 2. The van der Waals surface area contributed by atoms with Crippen molar-refractivity contribution in [2.24, 2.45) is 0 Å².